The van der Waals surface area contributed by atoms with Crippen molar-refractivity contribution in [2.75, 3.05) is 19.8 Å². The summed E-state index contributed by atoms with van der Waals surface area (Å²) in [6.07, 6.45) is 0.671. The van der Waals surface area contributed by atoms with Crippen LogP contribution in [0.3, 0.4) is 0 Å². The molecule has 0 aliphatic heterocycles. The molecule has 134 valence electrons. The molecule has 5 nitrogen and oxygen atoms in total. The highest BCUT2D eigenvalue weighted by atomic mass is 32.2. The minimum Gasteiger partial charge on any atom is -0.212 e. The van der Waals surface area contributed by atoms with Crippen LogP contribution < -0.4 is 0 Å². The Morgan fingerprint density at radius 3 is 2.60 bits per heavy atom. The van der Waals surface area contributed by atoms with Gasteiger partial charge in [0, 0.05) is 25.1 Å². The molecule has 0 fully saturated rings. The van der Waals surface area contributed by atoms with E-state index in [4.69, 9.17) is 0 Å². The lowest BCUT2D eigenvalue weighted by Crippen LogP contribution is -2.36. The van der Waals surface area contributed by atoms with Crippen molar-refractivity contribution in [2.45, 2.75) is 31.6 Å². The van der Waals surface area contributed by atoms with Gasteiger partial charge in [0.1, 0.15) is 5.82 Å². The normalized spacial score (nSPS) is 23.0. The number of fused-ring (bicyclic) bond motifs is 1. The predicted molar refractivity (Wildman–Crippen MR) is 95.3 cm³/mol. The fraction of sp³-hybridized carbons (Fsp3) is 0.444. The Morgan fingerprint density at radius 2 is 1.96 bits per heavy atom. The summed E-state index contributed by atoms with van der Waals surface area (Å²) in [5, 5.41) is 8.51. The Morgan fingerprint density at radius 1 is 1.28 bits per heavy atom. The van der Waals surface area contributed by atoms with Gasteiger partial charge in [-0.05, 0) is 36.1 Å². The summed E-state index contributed by atoms with van der Waals surface area (Å²) in [6.45, 7) is 3.95. The first kappa shape index (κ1) is 17.9. The minimum absolute atomic E-state index is 0.0158. The second kappa shape index (κ2) is 6.14. The van der Waals surface area contributed by atoms with Crippen molar-refractivity contribution in [2.24, 2.45) is 0 Å². The highest BCUT2D eigenvalue weighted by molar-refractivity contribution is 7.89. The van der Waals surface area contributed by atoms with E-state index in [0.29, 0.717) is 23.4 Å². The zero-order valence-corrected chi connectivity index (χ0v) is 15.6. The summed E-state index contributed by atoms with van der Waals surface area (Å²) in [5.74, 6) is -0.225. The van der Waals surface area contributed by atoms with E-state index >= 15 is 0 Å². The maximum absolute atomic E-state index is 14.0. The number of halogens is 1. The van der Waals surface area contributed by atoms with Crippen LogP contribution >= 0.6 is 0 Å². The highest BCUT2D eigenvalue weighted by Gasteiger charge is 2.44. The molecule has 0 saturated heterocycles. The van der Waals surface area contributed by atoms with E-state index in [1.54, 1.807) is 18.2 Å². The molecule has 1 aliphatic carbocycles. The van der Waals surface area contributed by atoms with Gasteiger partial charge in [0.05, 0.1) is 17.1 Å². The molecule has 2 aromatic rings. The lowest BCUT2D eigenvalue weighted by molar-refractivity contribution is 0.449. The third-order valence-corrected chi connectivity index (χ3v) is 7.00. The molecule has 1 aromatic heterocycles. The molecular weight excluding hydrogens is 341 g/mol. The topological polar surface area (TPSA) is 63.2 Å². The third-order valence-electron chi connectivity index (χ3n) is 4.89. The SMILES string of the molecule is C[C@@H]1CC(C)(CS(=O)(=O)N(C)C)c2nnc(-c3ccccc3F)cc21. The summed E-state index contributed by atoms with van der Waals surface area (Å²) in [7, 11) is -0.304. The van der Waals surface area contributed by atoms with Gasteiger partial charge in [0.25, 0.3) is 0 Å². The molecule has 0 amide bonds. The van der Waals surface area contributed by atoms with Crippen molar-refractivity contribution in [1.29, 1.82) is 0 Å². The molecule has 1 aromatic carbocycles. The van der Waals surface area contributed by atoms with Crippen LogP contribution in [0.4, 0.5) is 4.39 Å². The van der Waals surface area contributed by atoms with Crippen molar-refractivity contribution >= 4 is 10.0 Å². The molecular formula is C18H22FN3O2S. The summed E-state index contributed by atoms with van der Waals surface area (Å²) < 4.78 is 40.0. The van der Waals surface area contributed by atoms with Crippen molar-refractivity contribution < 1.29 is 12.8 Å². The molecule has 0 radical (unpaired) electrons. The van der Waals surface area contributed by atoms with Gasteiger partial charge in [-0.3, -0.25) is 0 Å². The molecule has 1 unspecified atom stereocenters. The summed E-state index contributed by atoms with van der Waals surface area (Å²) in [4.78, 5) is 0. The lowest BCUT2D eigenvalue weighted by Gasteiger charge is -2.25. The van der Waals surface area contributed by atoms with E-state index in [9.17, 15) is 12.8 Å². The van der Waals surface area contributed by atoms with Crippen LogP contribution in [0.25, 0.3) is 11.3 Å². The standard InChI is InChI=1S/C18H22FN3O2S/c1-12-10-18(2,11-25(23,24)22(3)4)17-14(12)9-16(20-21-17)13-7-5-6-8-15(13)19/h5-9,12H,10-11H2,1-4H3/t12-,18?/m1/s1. The number of rotatable bonds is 4. The molecule has 3 rings (SSSR count). The molecule has 0 saturated carbocycles. The Balaban J connectivity index is 2.04. The van der Waals surface area contributed by atoms with Gasteiger partial charge in [-0.1, -0.05) is 26.0 Å². The van der Waals surface area contributed by atoms with Gasteiger partial charge in [-0.15, -0.1) is 0 Å². The number of benzene rings is 1. The average Bonchev–Trinajstić information content (AvgIpc) is 2.77. The second-order valence-corrected chi connectivity index (χ2v) is 9.40. The highest BCUT2D eigenvalue weighted by Crippen LogP contribution is 2.46. The van der Waals surface area contributed by atoms with E-state index in [2.05, 4.69) is 10.2 Å². The summed E-state index contributed by atoms with van der Waals surface area (Å²) in [5.41, 5.74) is 1.93. The van der Waals surface area contributed by atoms with E-state index in [0.717, 1.165) is 5.56 Å². The van der Waals surface area contributed by atoms with Crippen LogP contribution in [-0.4, -0.2) is 42.8 Å². The third kappa shape index (κ3) is 3.18. The zero-order valence-electron chi connectivity index (χ0n) is 14.8. The summed E-state index contributed by atoms with van der Waals surface area (Å²) in [6, 6.07) is 8.29. The Hall–Kier alpha value is -1.86. The molecule has 25 heavy (non-hydrogen) atoms. The van der Waals surface area contributed by atoms with Crippen LogP contribution in [0.15, 0.2) is 30.3 Å². The van der Waals surface area contributed by atoms with Crippen molar-refractivity contribution in [3.63, 3.8) is 0 Å². The van der Waals surface area contributed by atoms with Crippen molar-refractivity contribution in [3.05, 3.63) is 47.4 Å². The molecule has 7 heteroatoms. The largest absolute Gasteiger partial charge is 0.214 e. The maximum Gasteiger partial charge on any atom is 0.214 e. The number of sulfonamides is 1. The van der Waals surface area contributed by atoms with Crippen LogP contribution in [-0.2, 0) is 15.4 Å². The van der Waals surface area contributed by atoms with Gasteiger partial charge in [-0.2, -0.15) is 10.2 Å². The second-order valence-electron chi connectivity index (χ2n) is 7.22. The number of hydrogen-bond donors (Lipinski definition) is 0. The first-order chi connectivity index (χ1) is 11.6. The molecule has 0 N–H and O–H groups in total. The maximum atomic E-state index is 14.0. The van der Waals surface area contributed by atoms with E-state index < -0.39 is 15.4 Å². The van der Waals surface area contributed by atoms with Crippen LogP contribution in [0.5, 0.6) is 0 Å². The van der Waals surface area contributed by atoms with E-state index in [-0.39, 0.29) is 17.5 Å². The van der Waals surface area contributed by atoms with Gasteiger partial charge < -0.3 is 0 Å². The van der Waals surface area contributed by atoms with Gasteiger partial charge in [0.2, 0.25) is 10.0 Å². The predicted octanol–water partition coefficient (Wildman–Crippen LogP) is 2.94. The number of aromatic nitrogens is 2. The fourth-order valence-electron chi connectivity index (χ4n) is 3.59. The van der Waals surface area contributed by atoms with Crippen LogP contribution in [0.2, 0.25) is 0 Å². The molecule has 0 spiro atoms. The Kier molecular flexibility index (Phi) is 4.41. The smallest absolute Gasteiger partial charge is 0.212 e. The molecule has 0 bridgehead atoms. The monoisotopic (exact) mass is 363 g/mol. The van der Waals surface area contributed by atoms with E-state index in [1.807, 2.05) is 19.9 Å². The number of nitrogens with zero attached hydrogens (tertiary/aromatic N) is 3. The van der Waals surface area contributed by atoms with Gasteiger partial charge >= 0.3 is 0 Å². The average molecular weight is 363 g/mol. The first-order valence-electron chi connectivity index (χ1n) is 8.17. The van der Waals surface area contributed by atoms with E-state index in [1.165, 1.54) is 24.5 Å². The minimum atomic E-state index is -3.37. The zero-order chi connectivity index (χ0) is 18.4. The Labute approximate surface area is 147 Å². The first-order valence-corrected chi connectivity index (χ1v) is 9.78. The van der Waals surface area contributed by atoms with Crippen molar-refractivity contribution in [1.82, 2.24) is 14.5 Å². The quantitative estimate of drug-likeness (QED) is 0.838. The molecule has 1 aliphatic rings. The number of hydrogen-bond acceptors (Lipinski definition) is 4. The molecule has 2 atom stereocenters. The van der Waals surface area contributed by atoms with Gasteiger partial charge in [0.15, 0.2) is 0 Å². The fourth-order valence-corrected chi connectivity index (χ4v) is 4.91. The lowest BCUT2D eigenvalue weighted by atomic mass is 9.89. The van der Waals surface area contributed by atoms with Crippen molar-refractivity contribution in [3.8, 4) is 11.3 Å². The van der Waals surface area contributed by atoms with Gasteiger partial charge in [-0.25, -0.2) is 17.1 Å². The summed E-state index contributed by atoms with van der Waals surface area (Å²) >= 11 is 0. The van der Waals surface area contributed by atoms with Crippen LogP contribution in [0.1, 0.15) is 37.4 Å². The van der Waals surface area contributed by atoms with Crippen LogP contribution in [0, 0.1) is 5.82 Å². The molecule has 1 heterocycles. The Bertz CT molecular complexity index is 914.